The minimum absolute atomic E-state index is 0.0440. The summed E-state index contributed by atoms with van der Waals surface area (Å²) in [5.41, 5.74) is 2.37. The highest BCUT2D eigenvalue weighted by Gasteiger charge is 2.48. The number of anilines is 1. The number of rotatable bonds is 5. The van der Waals surface area contributed by atoms with Gasteiger partial charge in [-0.3, -0.25) is 14.5 Å². The lowest BCUT2D eigenvalue weighted by Gasteiger charge is -2.23. The molecule has 4 rings (SSSR count). The summed E-state index contributed by atoms with van der Waals surface area (Å²) in [5.74, 6) is -2.47. The van der Waals surface area contributed by atoms with E-state index in [2.05, 4.69) is 20.9 Å². The Bertz CT molecular complexity index is 1330. The number of nitrogens with zero attached hydrogens (tertiary/aromatic N) is 2. The molecule has 0 saturated carbocycles. The summed E-state index contributed by atoms with van der Waals surface area (Å²) in [7, 11) is 0. The predicted octanol–water partition coefficient (Wildman–Crippen LogP) is 5.33. The van der Waals surface area contributed by atoms with Crippen molar-refractivity contribution in [1.29, 1.82) is 0 Å². The maximum Gasteiger partial charge on any atom is 0.350 e. The van der Waals surface area contributed by atoms with E-state index in [4.69, 9.17) is 4.74 Å². The second-order valence-electron chi connectivity index (χ2n) is 7.72. The first-order chi connectivity index (χ1) is 16.2. The molecule has 9 heteroatoms. The Morgan fingerprint density at radius 1 is 1.18 bits per heavy atom. The van der Waals surface area contributed by atoms with Gasteiger partial charge < -0.3 is 9.84 Å². The van der Waals surface area contributed by atoms with Gasteiger partial charge in [0.2, 0.25) is 0 Å². The van der Waals surface area contributed by atoms with Gasteiger partial charge in [0.1, 0.15) is 10.6 Å². The normalized spacial score (nSPS) is 17.3. The molecule has 3 aromatic rings. The Balaban J connectivity index is 1.91. The van der Waals surface area contributed by atoms with E-state index in [0.717, 1.165) is 21.4 Å². The average molecular weight is 541 g/mol. The molecule has 1 N–H and O–H groups in total. The van der Waals surface area contributed by atoms with Gasteiger partial charge in [0.25, 0.3) is 5.78 Å². The summed E-state index contributed by atoms with van der Waals surface area (Å²) in [6, 6.07) is 13.2. The van der Waals surface area contributed by atoms with Gasteiger partial charge in [-0.1, -0.05) is 69.2 Å². The number of aromatic nitrogens is 1. The molecular weight excluding hydrogens is 520 g/mol. The van der Waals surface area contributed by atoms with Crippen LogP contribution in [0.3, 0.4) is 0 Å². The quantitative estimate of drug-likeness (QED) is 0.203. The van der Waals surface area contributed by atoms with E-state index < -0.39 is 23.7 Å². The van der Waals surface area contributed by atoms with Crippen LogP contribution in [-0.2, 0) is 14.3 Å². The molecule has 1 aliphatic heterocycles. The molecule has 1 saturated heterocycles. The highest BCUT2D eigenvalue weighted by atomic mass is 79.9. The van der Waals surface area contributed by atoms with Gasteiger partial charge in [0, 0.05) is 10.0 Å². The third-order valence-corrected chi connectivity index (χ3v) is 7.02. The van der Waals surface area contributed by atoms with E-state index in [-0.39, 0.29) is 27.9 Å². The number of ether oxygens (including phenoxy) is 1. The van der Waals surface area contributed by atoms with Gasteiger partial charge in [-0.2, -0.15) is 0 Å². The number of amides is 1. The predicted molar refractivity (Wildman–Crippen MR) is 133 cm³/mol. The number of halogens is 1. The molecule has 1 atom stereocenters. The largest absolute Gasteiger partial charge is 0.507 e. The van der Waals surface area contributed by atoms with Crippen molar-refractivity contribution in [2.45, 2.75) is 26.8 Å². The first-order valence-corrected chi connectivity index (χ1v) is 12.1. The Kier molecular flexibility index (Phi) is 6.67. The Morgan fingerprint density at radius 2 is 1.88 bits per heavy atom. The van der Waals surface area contributed by atoms with Crippen molar-refractivity contribution in [3.8, 4) is 0 Å². The zero-order valence-electron chi connectivity index (χ0n) is 18.7. The van der Waals surface area contributed by atoms with E-state index >= 15 is 0 Å². The van der Waals surface area contributed by atoms with Crippen LogP contribution in [-0.4, -0.2) is 34.4 Å². The van der Waals surface area contributed by atoms with Crippen molar-refractivity contribution in [3.05, 3.63) is 85.8 Å². The number of ketones is 1. The molecule has 0 unspecified atom stereocenters. The second-order valence-corrected chi connectivity index (χ2v) is 9.61. The summed E-state index contributed by atoms with van der Waals surface area (Å²) in [4.78, 5) is 44.7. The van der Waals surface area contributed by atoms with Crippen LogP contribution in [0, 0.1) is 13.8 Å². The molecule has 0 aliphatic carbocycles. The SMILES string of the molecule is CCOC(=O)c1sc(N2C(=O)C(=O)C(=C(O)c3ccc(C)cc3)[C@@H]2c2cccc(Br)c2)nc1C. The molecular formula is C25H21BrN2O5S. The van der Waals surface area contributed by atoms with Gasteiger partial charge in [0.05, 0.1) is 23.9 Å². The van der Waals surface area contributed by atoms with E-state index in [0.29, 0.717) is 16.8 Å². The number of aliphatic hydroxyl groups is 1. The number of aryl methyl sites for hydroxylation is 2. The fourth-order valence-electron chi connectivity index (χ4n) is 3.76. The maximum atomic E-state index is 13.3. The van der Waals surface area contributed by atoms with Crippen molar-refractivity contribution in [2.75, 3.05) is 11.5 Å². The zero-order valence-corrected chi connectivity index (χ0v) is 21.1. The highest BCUT2D eigenvalue weighted by molar-refractivity contribution is 9.10. The van der Waals surface area contributed by atoms with Crippen molar-refractivity contribution >= 4 is 55.8 Å². The fourth-order valence-corrected chi connectivity index (χ4v) is 5.16. The number of carbonyl (C=O) groups is 3. The Hall–Kier alpha value is -3.30. The summed E-state index contributed by atoms with van der Waals surface area (Å²) >= 11 is 4.41. The summed E-state index contributed by atoms with van der Waals surface area (Å²) in [6.07, 6.45) is 0. The van der Waals surface area contributed by atoms with Gasteiger partial charge in [-0.05, 0) is 38.5 Å². The molecule has 1 fully saturated rings. The van der Waals surface area contributed by atoms with Crippen LogP contribution in [0.25, 0.3) is 5.76 Å². The third-order valence-electron chi connectivity index (χ3n) is 5.39. The van der Waals surface area contributed by atoms with E-state index in [1.165, 1.54) is 4.90 Å². The Morgan fingerprint density at radius 3 is 2.53 bits per heavy atom. The summed E-state index contributed by atoms with van der Waals surface area (Å²) < 4.78 is 5.84. The molecule has 1 amide bonds. The average Bonchev–Trinajstić information content (AvgIpc) is 3.31. The standard InChI is InChI=1S/C25H21BrN2O5S/c1-4-33-24(32)22-14(3)27-25(34-22)28-19(16-6-5-7-17(26)12-16)18(21(30)23(28)31)20(29)15-10-8-13(2)9-11-15/h5-12,19,29H,4H2,1-3H3/t19-/m0/s1. The minimum atomic E-state index is -0.931. The molecule has 1 aromatic heterocycles. The van der Waals surface area contributed by atoms with Crippen LogP contribution in [0.5, 0.6) is 0 Å². The van der Waals surface area contributed by atoms with Crippen LogP contribution in [0.4, 0.5) is 5.13 Å². The number of esters is 1. The van der Waals surface area contributed by atoms with E-state index in [1.807, 2.05) is 25.1 Å². The number of thiazole rings is 1. The highest BCUT2D eigenvalue weighted by Crippen LogP contribution is 2.44. The van der Waals surface area contributed by atoms with Crippen LogP contribution in [0.1, 0.15) is 45.0 Å². The summed E-state index contributed by atoms with van der Waals surface area (Å²) in [5, 5.41) is 11.3. The van der Waals surface area contributed by atoms with Gasteiger partial charge in [-0.25, -0.2) is 9.78 Å². The maximum absolute atomic E-state index is 13.3. The van der Waals surface area contributed by atoms with Gasteiger partial charge >= 0.3 is 11.9 Å². The van der Waals surface area contributed by atoms with E-state index in [9.17, 15) is 19.5 Å². The lowest BCUT2D eigenvalue weighted by molar-refractivity contribution is -0.132. The molecule has 7 nitrogen and oxygen atoms in total. The number of aliphatic hydroxyl groups excluding tert-OH is 1. The van der Waals surface area contributed by atoms with Gasteiger partial charge in [0.15, 0.2) is 5.13 Å². The Labute approximate surface area is 208 Å². The number of Topliss-reactive ketones (excluding diaryl/α,β-unsaturated/α-hetero) is 1. The van der Waals surface area contributed by atoms with Crippen LogP contribution >= 0.6 is 27.3 Å². The number of carbonyl (C=O) groups excluding carboxylic acids is 3. The summed E-state index contributed by atoms with van der Waals surface area (Å²) in [6.45, 7) is 5.45. The van der Waals surface area contributed by atoms with Crippen LogP contribution in [0.15, 0.2) is 58.6 Å². The van der Waals surface area contributed by atoms with Crippen LogP contribution in [0.2, 0.25) is 0 Å². The molecule has 0 spiro atoms. The lowest BCUT2D eigenvalue weighted by Crippen LogP contribution is -2.29. The lowest BCUT2D eigenvalue weighted by atomic mass is 9.95. The monoisotopic (exact) mass is 540 g/mol. The zero-order chi connectivity index (χ0) is 24.6. The number of hydrogen-bond donors (Lipinski definition) is 1. The molecule has 0 bridgehead atoms. The van der Waals surface area contributed by atoms with E-state index in [1.54, 1.807) is 44.2 Å². The second kappa shape index (κ2) is 9.52. The molecule has 2 heterocycles. The smallest absolute Gasteiger partial charge is 0.350 e. The number of hydrogen-bond acceptors (Lipinski definition) is 7. The van der Waals surface area contributed by atoms with Crippen LogP contribution < -0.4 is 4.90 Å². The first-order valence-electron chi connectivity index (χ1n) is 10.5. The number of benzene rings is 2. The minimum Gasteiger partial charge on any atom is -0.507 e. The van der Waals surface area contributed by atoms with Crippen molar-refractivity contribution in [1.82, 2.24) is 4.98 Å². The molecule has 174 valence electrons. The molecule has 34 heavy (non-hydrogen) atoms. The molecule has 2 aromatic carbocycles. The third kappa shape index (κ3) is 4.28. The molecule has 0 radical (unpaired) electrons. The van der Waals surface area contributed by atoms with Crippen molar-refractivity contribution < 1.29 is 24.2 Å². The topological polar surface area (TPSA) is 96.8 Å². The first kappa shape index (κ1) is 23.8. The molecule has 1 aliphatic rings. The van der Waals surface area contributed by atoms with Gasteiger partial charge in [-0.15, -0.1) is 0 Å². The van der Waals surface area contributed by atoms with Crippen molar-refractivity contribution in [2.24, 2.45) is 0 Å². The fraction of sp³-hybridized carbons (Fsp3) is 0.200. The van der Waals surface area contributed by atoms with Crippen molar-refractivity contribution in [3.63, 3.8) is 0 Å².